The second-order valence-electron chi connectivity index (χ2n) is 5.64. The molecule has 0 saturated carbocycles. The third-order valence-corrected chi connectivity index (χ3v) is 4.24. The van der Waals surface area contributed by atoms with Gasteiger partial charge in [-0.05, 0) is 43.5 Å². The standard InChI is InChI=1S/C15H22N2O2S/c1-4-8-16(3)14(18)12-6-5-7-13(9-12)20-17-10-15(2,19)11-17/h5-7,9,19H,4,8,10-11H2,1-3H3. The highest BCUT2D eigenvalue weighted by molar-refractivity contribution is 7.97. The molecule has 1 N–H and O–H groups in total. The van der Waals surface area contributed by atoms with E-state index < -0.39 is 5.60 Å². The van der Waals surface area contributed by atoms with E-state index in [1.54, 1.807) is 16.8 Å². The van der Waals surface area contributed by atoms with Crippen molar-refractivity contribution in [1.29, 1.82) is 0 Å². The summed E-state index contributed by atoms with van der Waals surface area (Å²) in [5, 5.41) is 9.72. The summed E-state index contributed by atoms with van der Waals surface area (Å²) >= 11 is 1.59. The van der Waals surface area contributed by atoms with Crippen LogP contribution in [-0.2, 0) is 0 Å². The molecule has 0 bridgehead atoms. The first-order valence-electron chi connectivity index (χ1n) is 6.92. The monoisotopic (exact) mass is 294 g/mol. The number of carbonyl (C=O) groups is 1. The van der Waals surface area contributed by atoms with Gasteiger partial charge in [-0.1, -0.05) is 13.0 Å². The second kappa shape index (κ2) is 6.16. The van der Waals surface area contributed by atoms with E-state index in [-0.39, 0.29) is 5.91 Å². The molecule has 1 aromatic carbocycles. The highest BCUT2D eigenvalue weighted by atomic mass is 32.2. The lowest BCUT2D eigenvalue weighted by Crippen LogP contribution is -2.56. The molecule has 0 unspecified atom stereocenters. The van der Waals surface area contributed by atoms with Gasteiger partial charge in [0.25, 0.3) is 5.91 Å². The molecular weight excluding hydrogens is 272 g/mol. The molecule has 1 saturated heterocycles. The quantitative estimate of drug-likeness (QED) is 0.846. The highest BCUT2D eigenvalue weighted by Gasteiger charge is 2.37. The van der Waals surface area contributed by atoms with Crippen molar-refractivity contribution in [2.24, 2.45) is 0 Å². The van der Waals surface area contributed by atoms with Gasteiger partial charge in [0.05, 0.1) is 5.60 Å². The van der Waals surface area contributed by atoms with E-state index in [1.807, 2.05) is 38.2 Å². The van der Waals surface area contributed by atoms with Gasteiger partial charge in [-0.15, -0.1) is 0 Å². The Hall–Kier alpha value is -1.04. The van der Waals surface area contributed by atoms with Crippen molar-refractivity contribution >= 4 is 17.9 Å². The minimum absolute atomic E-state index is 0.0601. The first kappa shape index (κ1) is 15.4. The summed E-state index contributed by atoms with van der Waals surface area (Å²) in [7, 11) is 1.83. The molecule has 4 nitrogen and oxygen atoms in total. The molecule has 110 valence electrons. The van der Waals surface area contributed by atoms with Crippen LogP contribution in [0.25, 0.3) is 0 Å². The SMILES string of the molecule is CCCN(C)C(=O)c1cccc(SN2CC(C)(O)C2)c1. The lowest BCUT2D eigenvalue weighted by molar-refractivity contribution is -0.0378. The normalized spacial score (nSPS) is 17.6. The molecule has 0 aromatic heterocycles. The van der Waals surface area contributed by atoms with Crippen molar-refractivity contribution in [2.75, 3.05) is 26.7 Å². The highest BCUT2D eigenvalue weighted by Crippen LogP contribution is 2.32. The van der Waals surface area contributed by atoms with Crippen LogP contribution in [-0.4, -0.2) is 52.5 Å². The van der Waals surface area contributed by atoms with Crippen LogP contribution in [0.4, 0.5) is 0 Å². The topological polar surface area (TPSA) is 43.8 Å². The van der Waals surface area contributed by atoms with Gasteiger partial charge in [-0.3, -0.25) is 4.79 Å². The lowest BCUT2D eigenvalue weighted by atomic mass is 10.0. The summed E-state index contributed by atoms with van der Waals surface area (Å²) in [5.74, 6) is 0.0601. The second-order valence-corrected chi connectivity index (χ2v) is 6.81. The third kappa shape index (κ3) is 3.75. The molecule has 20 heavy (non-hydrogen) atoms. The summed E-state index contributed by atoms with van der Waals surface area (Å²) in [6, 6.07) is 7.68. The lowest BCUT2D eigenvalue weighted by Gasteiger charge is -2.43. The smallest absolute Gasteiger partial charge is 0.253 e. The van der Waals surface area contributed by atoms with E-state index >= 15 is 0 Å². The Bertz CT molecular complexity index is 483. The van der Waals surface area contributed by atoms with Crippen LogP contribution in [0.2, 0.25) is 0 Å². The van der Waals surface area contributed by atoms with E-state index in [0.29, 0.717) is 13.1 Å². The minimum Gasteiger partial charge on any atom is -0.387 e. The molecule has 0 atom stereocenters. The number of hydrogen-bond donors (Lipinski definition) is 1. The van der Waals surface area contributed by atoms with Gasteiger partial charge in [-0.25, -0.2) is 4.31 Å². The third-order valence-electron chi connectivity index (χ3n) is 3.26. The molecule has 1 aliphatic rings. The number of nitrogens with zero attached hydrogens (tertiary/aromatic N) is 2. The maximum Gasteiger partial charge on any atom is 0.253 e. The van der Waals surface area contributed by atoms with Crippen LogP contribution in [0.3, 0.4) is 0 Å². The predicted molar refractivity (Wildman–Crippen MR) is 81.7 cm³/mol. The van der Waals surface area contributed by atoms with Gasteiger partial charge < -0.3 is 10.0 Å². The first-order chi connectivity index (χ1) is 9.41. The fourth-order valence-corrected chi connectivity index (χ4v) is 3.57. The van der Waals surface area contributed by atoms with Crippen LogP contribution in [0.15, 0.2) is 29.2 Å². The van der Waals surface area contributed by atoms with E-state index in [9.17, 15) is 9.90 Å². The van der Waals surface area contributed by atoms with Gasteiger partial charge in [0.2, 0.25) is 0 Å². The molecular formula is C15H22N2O2S. The van der Waals surface area contributed by atoms with Crippen molar-refractivity contribution in [3.8, 4) is 0 Å². The van der Waals surface area contributed by atoms with Crippen molar-refractivity contribution in [2.45, 2.75) is 30.8 Å². The van der Waals surface area contributed by atoms with E-state index in [1.165, 1.54) is 0 Å². The number of carbonyl (C=O) groups excluding carboxylic acids is 1. The summed E-state index contributed by atoms with van der Waals surface area (Å²) in [5.41, 5.74) is 0.153. The van der Waals surface area contributed by atoms with Gasteiger partial charge in [-0.2, -0.15) is 0 Å². The van der Waals surface area contributed by atoms with Crippen LogP contribution in [0.5, 0.6) is 0 Å². The van der Waals surface area contributed by atoms with Gasteiger partial charge in [0, 0.05) is 37.1 Å². The molecule has 5 heteroatoms. The number of amides is 1. The Morgan fingerprint density at radius 1 is 1.50 bits per heavy atom. The predicted octanol–water partition coefficient (Wildman–Crippen LogP) is 2.24. The van der Waals surface area contributed by atoms with Crippen molar-refractivity contribution in [3.63, 3.8) is 0 Å². The number of β-amino-alcohol motifs (C(OH)–C–C–N with tert-alkyl or cyclic N) is 1. The summed E-state index contributed by atoms with van der Waals surface area (Å²) in [6.45, 7) is 5.98. The van der Waals surface area contributed by atoms with Gasteiger partial charge >= 0.3 is 0 Å². The molecule has 1 aliphatic heterocycles. The zero-order valence-electron chi connectivity index (χ0n) is 12.3. The molecule has 1 heterocycles. The fourth-order valence-electron chi connectivity index (χ4n) is 2.27. The maximum atomic E-state index is 12.2. The van der Waals surface area contributed by atoms with Crippen LogP contribution in [0, 0.1) is 0 Å². The van der Waals surface area contributed by atoms with Crippen LogP contribution < -0.4 is 0 Å². The molecule has 0 aliphatic carbocycles. The Morgan fingerprint density at radius 2 is 2.20 bits per heavy atom. The molecule has 1 amide bonds. The minimum atomic E-state index is -0.568. The van der Waals surface area contributed by atoms with Crippen molar-refractivity contribution < 1.29 is 9.90 Å². The summed E-state index contributed by atoms with van der Waals surface area (Å²) in [4.78, 5) is 15.0. The first-order valence-corrected chi connectivity index (χ1v) is 7.69. The molecule has 2 rings (SSSR count). The van der Waals surface area contributed by atoms with E-state index in [4.69, 9.17) is 0 Å². The molecule has 1 aromatic rings. The van der Waals surface area contributed by atoms with Crippen LogP contribution in [0.1, 0.15) is 30.6 Å². The number of aliphatic hydroxyl groups is 1. The number of benzene rings is 1. The summed E-state index contributed by atoms with van der Waals surface area (Å²) in [6.07, 6.45) is 0.958. The van der Waals surface area contributed by atoms with Crippen molar-refractivity contribution in [3.05, 3.63) is 29.8 Å². The average molecular weight is 294 g/mol. The molecule has 0 radical (unpaired) electrons. The zero-order valence-corrected chi connectivity index (χ0v) is 13.1. The zero-order chi connectivity index (χ0) is 14.8. The Balaban J connectivity index is 1.99. The van der Waals surface area contributed by atoms with Crippen molar-refractivity contribution in [1.82, 2.24) is 9.21 Å². The Labute approximate surface area is 124 Å². The van der Waals surface area contributed by atoms with Gasteiger partial charge in [0.15, 0.2) is 0 Å². The Kier molecular flexibility index (Phi) is 4.73. The van der Waals surface area contributed by atoms with E-state index in [0.717, 1.165) is 23.4 Å². The van der Waals surface area contributed by atoms with Gasteiger partial charge in [0.1, 0.15) is 0 Å². The molecule has 0 spiro atoms. The molecule has 1 fully saturated rings. The number of hydrogen-bond acceptors (Lipinski definition) is 4. The Morgan fingerprint density at radius 3 is 2.80 bits per heavy atom. The summed E-state index contributed by atoms with van der Waals surface area (Å²) < 4.78 is 2.10. The van der Waals surface area contributed by atoms with E-state index in [2.05, 4.69) is 11.2 Å². The average Bonchev–Trinajstić information content (AvgIpc) is 2.36. The maximum absolute atomic E-state index is 12.2. The van der Waals surface area contributed by atoms with Crippen LogP contribution >= 0.6 is 11.9 Å². The largest absolute Gasteiger partial charge is 0.387 e. The fraction of sp³-hybridized carbons (Fsp3) is 0.533. The number of rotatable bonds is 5.